The van der Waals surface area contributed by atoms with Gasteiger partial charge in [0.1, 0.15) is 0 Å². The zero-order chi connectivity index (χ0) is 21.8. The Kier molecular flexibility index (Phi) is 5.01. The van der Waals surface area contributed by atoms with E-state index in [-0.39, 0.29) is 11.7 Å². The maximum atomic E-state index is 12.6. The van der Waals surface area contributed by atoms with Gasteiger partial charge < -0.3 is 9.88 Å². The number of likely N-dealkylation sites (N-methyl/N-ethyl adjacent to an activating group) is 1. The minimum absolute atomic E-state index is 0.00913. The highest BCUT2D eigenvalue weighted by atomic mass is 79.9. The molecule has 0 saturated carbocycles. The van der Waals surface area contributed by atoms with E-state index in [0.717, 1.165) is 66.1 Å². The van der Waals surface area contributed by atoms with E-state index in [4.69, 9.17) is 9.98 Å². The number of quaternary nitrogens is 1. The molecule has 4 heterocycles. The molecular formula is C23H28BrN6O+. The van der Waals surface area contributed by atoms with E-state index in [1.54, 1.807) is 0 Å². The number of fused-ring (bicyclic) bond motifs is 2. The van der Waals surface area contributed by atoms with E-state index in [1.165, 1.54) is 11.3 Å². The van der Waals surface area contributed by atoms with Crippen molar-refractivity contribution in [3.8, 4) is 0 Å². The van der Waals surface area contributed by atoms with Gasteiger partial charge in [-0.1, -0.05) is 19.1 Å². The first kappa shape index (κ1) is 20.5. The first-order valence-electron chi connectivity index (χ1n) is 10.9. The molecule has 7 nitrogen and oxygen atoms in total. The Hall–Kier alpha value is -2.45. The van der Waals surface area contributed by atoms with Gasteiger partial charge in [0.25, 0.3) is 10.6 Å². The second-order valence-electron chi connectivity index (χ2n) is 8.94. The largest absolute Gasteiger partial charge is 0.372 e. The van der Waals surface area contributed by atoms with E-state index in [0.29, 0.717) is 4.48 Å². The highest BCUT2D eigenvalue weighted by Gasteiger charge is 2.43. The molecule has 31 heavy (non-hydrogen) atoms. The number of aromatic nitrogens is 2. The fraction of sp³-hybridized carbons (Fsp3) is 0.435. The SMILES string of the molecule is CCC1=CN=C2C(=C(N3CCC(n4c(=O)[nH]c5ccccc54)CC3)C1)N=C(Br)[N+]2(C)C. The zero-order valence-electron chi connectivity index (χ0n) is 18.2. The molecule has 0 bridgehead atoms. The van der Waals surface area contributed by atoms with E-state index >= 15 is 0 Å². The van der Waals surface area contributed by atoms with Crippen molar-refractivity contribution in [3.63, 3.8) is 0 Å². The number of halogens is 1. The summed E-state index contributed by atoms with van der Waals surface area (Å²) in [6.07, 6.45) is 5.74. The lowest BCUT2D eigenvalue weighted by atomic mass is 10.0. The van der Waals surface area contributed by atoms with Crippen LogP contribution in [0.5, 0.6) is 0 Å². The van der Waals surface area contributed by atoms with Gasteiger partial charge in [0, 0.05) is 47.7 Å². The summed E-state index contributed by atoms with van der Waals surface area (Å²) in [7, 11) is 4.22. The summed E-state index contributed by atoms with van der Waals surface area (Å²) in [6, 6.07) is 8.16. The van der Waals surface area contributed by atoms with Crippen molar-refractivity contribution in [1.29, 1.82) is 0 Å². The van der Waals surface area contributed by atoms with Gasteiger partial charge in [-0.15, -0.1) is 0 Å². The molecule has 0 radical (unpaired) electrons. The average Bonchev–Trinajstić information content (AvgIpc) is 3.12. The van der Waals surface area contributed by atoms with E-state index < -0.39 is 0 Å². The van der Waals surface area contributed by atoms with Crippen LogP contribution in [0.2, 0.25) is 0 Å². The lowest BCUT2D eigenvalue weighted by molar-refractivity contribution is -0.690. The lowest BCUT2D eigenvalue weighted by Crippen LogP contribution is -2.45. The average molecular weight is 484 g/mol. The number of hydrogen-bond acceptors (Lipinski definition) is 4. The van der Waals surface area contributed by atoms with Crippen LogP contribution in [0.3, 0.4) is 0 Å². The molecule has 3 aliphatic heterocycles. The van der Waals surface area contributed by atoms with Gasteiger partial charge >= 0.3 is 5.69 Å². The summed E-state index contributed by atoms with van der Waals surface area (Å²) in [5, 5.41) is 0. The van der Waals surface area contributed by atoms with Gasteiger partial charge in [-0.2, -0.15) is 4.99 Å². The molecule has 1 aromatic carbocycles. The molecule has 0 atom stereocenters. The Labute approximate surface area is 190 Å². The maximum absolute atomic E-state index is 12.6. The summed E-state index contributed by atoms with van der Waals surface area (Å²) in [5.74, 6) is 0.986. The molecule has 3 aliphatic rings. The van der Waals surface area contributed by atoms with Crippen LogP contribution in [0.4, 0.5) is 0 Å². The van der Waals surface area contributed by atoms with Crippen molar-refractivity contribution >= 4 is 37.5 Å². The second kappa shape index (κ2) is 7.60. The van der Waals surface area contributed by atoms with Crippen LogP contribution in [0, 0.1) is 0 Å². The number of amidine groups is 2. The zero-order valence-corrected chi connectivity index (χ0v) is 19.8. The number of likely N-dealkylation sites (tertiary alicyclic amines) is 1. The quantitative estimate of drug-likeness (QED) is 0.527. The van der Waals surface area contributed by atoms with Gasteiger partial charge in [0.15, 0.2) is 5.70 Å². The fourth-order valence-corrected chi connectivity index (χ4v) is 5.17. The number of benzene rings is 1. The van der Waals surface area contributed by atoms with E-state index in [1.807, 2.05) is 35.0 Å². The number of nitrogens with zero attached hydrogens (tertiary/aromatic N) is 5. The predicted molar refractivity (Wildman–Crippen MR) is 128 cm³/mol. The third-order valence-electron chi connectivity index (χ3n) is 6.73. The number of piperidine rings is 1. The Balaban J connectivity index is 1.45. The Morgan fingerprint density at radius 3 is 2.71 bits per heavy atom. The topological polar surface area (TPSA) is 65.8 Å². The summed E-state index contributed by atoms with van der Waals surface area (Å²) in [5.41, 5.74) is 5.48. The molecule has 0 aliphatic carbocycles. The van der Waals surface area contributed by atoms with Gasteiger partial charge in [0.2, 0.25) is 0 Å². The second-order valence-corrected chi connectivity index (χ2v) is 9.64. The summed E-state index contributed by atoms with van der Waals surface area (Å²) < 4.78 is 3.35. The van der Waals surface area contributed by atoms with Crippen LogP contribution in [-0.4, -0.2) is 56.7 Å². The molecular weight excluding hydrogens is 456 g/mol. The third kappa shape index (κ3) is 3.32. The fourth-order valence-electron chi connectivity index (χ4n) is 4.82. The van der Waals surface area contributed by atoms with E-state index in [9.17, 15) is 4.79 Å². The number of nitrogens with one attached hydrogen (secondary N) is 1. The molecule has 5 rings (SSSR count). The molecule has 0 spiro atoms. The molecule has 0 unspecified atom stereocenters. The van der Waals surface area contributed by atoms with Crippen LogP contribution in [-0.2, 0) is 0 Å². The Morgan fingerprint density at radius 2 is 1.97 bits per heavy atom. The number of imidazole rings is 1. The minimum Gasteiger partial charge on any atom is -0.372 e. The normalized spacial score (nSPS) is 21.7. The molecule has 2 aromatic rings. The van der Waals surface area contributed by atoms with Crippen molar-refractivity contribution in [2.24, 2.45) is 9.98 Å². The standard InChI is InChI=1S/C23H27BrN6O/c1-4-15-13-19(20-21(25-14-15)30(2,3)22(24)27-20)28-11-9-16(10-12-28)29-18-8-6-5-7-17(18)26-23(29)31/h5-8,14,16H,4,9-13H2,1-3H3/p+1. The van der Waals surface area contributed by atoms with Crippen molar-refractivity contribution < 1.29 is 4.48 Å². The highest BCUT2D eigenvalue weighted by Crippen LogP contribution is 2.36. The molecule has 1 fully saturated rings. The molecule has 162 valence electrons. The third-order valence-corrected chi connectivity index (χ3v) is 7.80. The Morgan fingerprint density at radius 1 is 1.23 bits per heavy atom. The summed E-state index contributed by atoms with van der Waals surface area (Å²) in [6.45, 7) is 3.99. The van der Waals surface area contributed by atoms with Crippen LogP contribution < -0.4 is 5.69 Å². The van der Waals surface area contributed by atoms with E-state index in [2.05, 4.69) is 46.8 Å². The minimum atomic E-state index is -0.00913. The van der Waals surface area contributed by atoms with Crippen molar-refractivity contribution in [2.75, 3.05) is 27.2 Å². The summed E-state index contributed by atoms with van der Waals surface area (Å²) >= 11 is 3.65. The van der Waals surface area contributed by atoms with Gasteiger partial charge in [-0.25, -0.2) is 14.3 Å². The number of aliphatic imine (C=N–C) groups is 2. The van der Waals surface area contributed by atoms with Crippen molar-refractivity contribution in [2.45, 2.75) is 38.6 Å². The van der Waals surface area contributed by atoms with Crippen LogP contribution >= 0.6 is 15.9 Å². The monoisotopic (exact) mass is 483 g/mol. The number of para-hydroxylation sites is 2. The van der Waals surface area contributed by atoms with Crippen LogP contribution in [0.15, 0.2) is 62.2 Å². The predicted octanol–water partition coefficient (Wildman–Crippen LogP) is 4.12. The van der Waals surface area contributed by atoms with Crippen molar-refractivity contribution in [1.82, 2.24) is 14.5 Å². The number of rotatable bonds is 3. The van der Waals surface area contributed by atoms with Crippen LogP contribution in [0.25, 0.3) is 11.0 Å². The van der Waals surface area contributed by atoms with Gasteiger partial charge in [-0.3, -0.25) is 4.57 Å². The van der Waals surface area contributed by atoms with Gasteiger partial charge in [-0.05, 0) is 37.0 Å². The maximum Gasteiger partial charge on any atom is 0.326 e. The Bertz CT molecular complexity index is 1220. The lowest BCUT2D eigenvalue weighted by Gasteiger charge is -2.36. The van der Waals surface area contributed by atoms with Crippen LogP contribution in [0.1, 0.15) is 38.6 Å². The number of aromatic amines is 1. The number of H-pyrrole nitrogens is 1. The molecule has 1 saturated heterocycles. The molecule has 0 amide bonds. The first-order chi connectivity index (χ1) is 14.9. The number of allylic oxidation sites excluding steroid dienone is 1. The first-order valence-corrected chi connectivity index (χ1v) is 11.7. The molecule has 8 heteroatoms. The summed E-state index contributed by atoms with van der Waals surface area (Å²) in [4.78, 5) is 27.8. The van der Waals surface area contributed by atoms with Gasteiger partial charge in [0.05, 0.1) is 30.8 Å². The molecule has 1 aromatic heterocycles. The number of hydrogen-bond donors (Lipinski definition) is 1. The highest BCUT2D eigenvalue weighted by molar-refractivity contribution is 9.18. The molecule has 1 N–H and O–H groups in total. The smallest absolute Gasteiger partial charge is 0.326 e. The van der Waals surface area contributed by atoms with Crippen molar-refractivity contribution in [3.05, 3.63) is 57.9 Å².